The van der Waals surface area contributed by atoms with Crippen molar-refractivity contribution in [1.82, 2.24) is 4.48 Å². The molecule has 4 nitrogen and oxygen atoms in total. The number of hydrogen-bond acceptors (Lipinski definition) is 3. The molecule has 3 aliphatic rings. The summed E-state index contributed by atoms with van der Waals surface area (Å²) in [7, 11) is 0. The number of fused-ring (bicyclic) bond motifs is 14. The Hall–Kier alpha value is -5.68. The molecule has 9 aromatic rings. The summed E-state index contributed by atoms with van der Waals surface area (Å²) in [5, 5.41) is 4.58. The van der Waals surface area contributed by atoms with Gasteiger partial charge in [-0.2, -0.15) is 0 Å². The van der Waals surface area contributed by atoms with E-state index in [4.69, 9.17) is 8.83 Å². The van der Waals surface area contributed by atoms with Crippen molar-refractivity contribution in [1.29, 1.82) is 0 Å². The van der Waals surface area contributed by atoms with Gasteiger partial charge >= 0.3 is 6.85 Å². The molecule has 0 saturated heterocycles. The third-order valence-corrected chi connectivity index (χ3v) is 13.9. The zero-order valence-corrected chi connectivity index (χ0v) is 33.5. The number of para-hydroxylation sites is 3. The summed E-state index contributed by atoms with van der Waals surface area (Å²) >= 11 is 0. The highest BCUT2D eigenvalue weighted by Crippen LogP contribution is 2.52. The van der Waals surface area contributed by atoms with Crippen LogP contribution in [0.1, 0.15) is 83.6 Å². The minimum absolute atomic E-state index is 0.0630. The first-order valence-corrected chi connectivity index (χ1v) is 20.3. The summed E-state index contributed by atoms with van der Waals surface area (Å²) in [5.74, 6) is 0. The number of nitrogens with zero attached hydrogens (tertiary/aromatic N) is 2. The molecular formula is C51H45BN2O2. The van der Waals surface area contributed by atoms with E-state index in [0.29, 0.717) is 0 Å². The molecule has 12 rings (SSSR count). The smallest absolute Gasteiger partial charge is 0.337 e. The summed E-state index contributed by atoms with van der Waals surface area (Å²) in [6.07, 6.45) is 2.35. The van der Waals surface area contributed by atoms with Crippen LogP contribution < -0.4 is 15.8 Å². The molecule has 0 atom stereocenters. The van der Waals surface area contributed by atoms with E-state index in [1.165, 1.54) is 73.3 Å². The van der Waals surface area contributed by atoms with E-state index in [1.54, 1.807) is 0 Å². The van der Waals surface area contributed by atoms with Crippen molar-refractivity contribution in [2.75, 3.05) is 4.90 Å². The molecule has 6 aromatic carbocycles. The van der Waals surface area contributed by atoms with Crippen molar-refractivity contribution >= 4 is 89.7 Å². The summed E-state index contributed by atoms with van der Waals surface area (Å²) in [6.45, 7) is 18.9. The van der Waals surface area contributed by atoms with Crippen LogP contribution in [0.2, 0.25) is 0 Å². The zero-order valence-electron chi connectivity index (χ0n) is 33.5. The summed E-state index contributed by atoms with van der Waals surface area (Å²) in [5.41, 5.74) is 20.5. The fourth-order valence-electron chi connectivity index (χ4n) is 10.8. The highest BCUT2D eigenvalue weighted by molar-refractivity contribution is 6.91. The van der Waals surface area contributed by atoms with E-state index >= 15 is 0 Å². The quantitative estimate of drug-likeness (QED) is 0.158. The minimum atomic E-state index is -0.159. The first-order chi connectivity index (χ1) is 26.8. The van der Waals surface area contributed by atoms with Crippen molar-refractivity contribution in [3.05, 3.63) is 125 Å². The Morgan fingerprint density at radius 2 is 1.23 bits per heavy atom. The van der Waals surface area contributed by atoms with Gasteiger partial charge in [0.1, 0.15) is 16.7 Å². The van der Waals surface area contributed by atoms with Crippen LogP contribution in [0.3, 0.4) is 0 Å². The average Bonchev–Trinajstić information content (AvgIpc) is 3.84. The zero-order chi connectivity index (χ0) is 38.2. The SMILES string of the molecule is Cc1cc2c(cc1N1c3cc(C(C)(C)C)cc4c3B(c3c1ccc1c3oc3ccccc31)n1c3c-4cccc3c3oc4ccccc4c31)C(C)(C)CCC2(C)C. The standard InChI is InChI=1S/C51H45BN2O2/c1-28-24-36-37(51(7,8)23-22-50(36,5)6)27-39(28)53-38-21-20-32-30-14-9-11-18-41(30)55-47(32)44(38)52-43-35(25-29(26-40(43)53)49(2,3)4)31-16-13-17-34-45(31)54(52)46-33-15-10-12-19-42(33)56-48(34)46/h9-21,24-27H,22-23H2,1-8H3. The Morgan fingerprint density at radius 3 is 1.98 bits per heavy atom. The van der Waals surface area contributed by atoms with E-state index in [0.717, 1.165) is 55.8 Å². The van der Waals surface area contributed by atoms with Crippen LogP contribution in [0.25, 0.3) is 66.0 Å². The fraction of sp³-hybridized carbons (Fsp3) is 0.255. The van der Waals surface area contributed by atoms with Gasteiger partial charge in [0, 0.05) is 55.2 Å². The van der Waals surface area contributed by atoms with E-state index in [-0.39, 0.29) is 23.1 Å². The normalized spacial score (nSPS) is 16.6. The van der Waals surface area contributed by atoms with E-state index in [2.05, 4.69) is 168 Å². The topological polar surface area (TPSA) is 34.5 Å². The predicted molar refractivity (Wildman–Crippen MR) is 236 cm³/mol. The Morgan fingerprint density at radius 1 is 0.571 bits per heavy atom. The fourth-order valence-corrected chi connectivity index (χ4v) is 10.8. The second-order valence-corrected chi connectivity index (χ2v) is 19.2. The molecule has 274 valence electrons. The Bertz CT molecular complexity index is 3220. The number of furan rings is 2. The van der Waals surface area contributed by atoms with Gasteiger partial charge in [0.25, 0.3) is 0 Å². The first-order valence-electron chi connectivity index (χ1n) is 20.3. The maximum atomic E-state index is 7.08. The molecule has 0 N–H and O–H groups in total. The third-order valence-electron chi connectivity index (χ3n) is 13.9. The molecule has 0 saturated carbocycles. The Labute approximate surface area is 327 Å². The first kappa shape index (κ1) is 32.6. The lowest BCUT2D eigenvalue weighted by Crippen LogP contribution is -2.57. The monoisotopic (exact) mass is 728 g/mol. The number of rotatable bonds is 1. The van der Waals surface area contributed by atoms with Gasteiger partial charge in [-0.3, -0.25) is 0 Å². The minimum Gasteiger partial charge on any atom is -0.456 e. The van der Waals surface area contributed by atoms with Crippen LogP contribution >= 0.6 is 0 Å². The number of aryl methyl sites for hydroxylation is 1. The van der Waals surface area contributed by atoms with E-state index in [1.807, 2.05) is 0 Å². The van der Waals surface area contributed by atoms with Crippen LogP contribution in [-0.2, 0) is 16.2 Å². The van der Waals surface area contributed by atoms with Crippen molar-refractivity contribution in [3.63, 3.8) is 0 Å². The lowest BCUT2D eigenvalue weighted by Gasteiger charge is -2.45. The molecule has 0 spiro atoms. The number of benzene rings is 6. The van der Waals surface area contributed by atoms with Crippen molar-refractivity contribution in [3.8, 4) is 11.1 Å². The average molecular weight is 729 g/mol. The Balaban J connectivity index is 1.29. The molecule has 0 amide bonds. The lowest BCUT2D eigenvalue weighted by molar-refractivity contribution is 0.332. The summed E-state index contributed by atoms with van der Waals surface area (Å²) in [4.78, 5) is 2.61. The highest BCUT2D eigenvalue weighted by Gasteiger charge is 2.47. The maximum absolute atomic E-state index is 7.08. The van der Waals surface area contributed by atoms with Gasteiger partial charge in [0.2, 0.25) is 0 Å². The molecule has 0 fully saturated rings. The van der Waals surface area contributed by atoms with Gasteiger partial charge in [0.15, 0.2) is 5.58 Å². The second kappa shape index (κ2) is 10.4. The van der Waals surface area contributed by atoms with Gasteiger partial charge in [-0.1, -0.05) is 103 Å². The van der Waals surface area contributed by atoms with E-state index in [9.17, 15) is 0 Å². The predicted octanol–water partition coefficient (Wildman–Crippen LogP) is 12.8. The lowest BCUT2D eigenvalue weighted by atomic mass is 9.44. The second-order valence-electron chi connectivity index (χ2n) is 19.2. The number of aromatic nitrogens is 1. The van der Waals surface area contributed by atoms with Gasteiger partial charge < -0.3 is 18.2 Å². The van der Waals surface area contributed by atoms with Crippen LogP contribution in [-0.4, -0.2) is 11.3 Å². The Kier molecular flexibility index (Phi) is 6.04. The van der Waals surface area contributed by atoms with E-state index < -0.39 is 0 Å². The highest BCUT2D eigenvalue weighted by atomic mass is 16.3. The van der Waals surface area contributed by atoms with Crippen LogP contribution in [0, 0.1) is 6.92 Å². The molecule has 2 aliphatic heterocycles. The largest absolute Gasteiger partial charge is 0.456 e. The molecule has 5 heterocycles. The number of hydrogen-bond donors (Lipinski definition) is 0. The molecule has 0 unspecified atom stereocenters. The molecule has 1 aliphatic carbocycles. The van der Waals surface area contributed by atoms with Crippen LogP contribution in [0.15, 0.2) is 112 Å². The molecular weight excluding hydrogens is 683 g/mol. The summed E-state index contributed by atoms with van der Waals surface area (Å²) < 4.78 is 16.5. The van der Waals surface area contributed by atoms with Crippen molar-refractivity contribution < 1.29 is 8.83 Å². The van der Waals surface area contributed by atoms with Gasteiger partial charge in [0.05, 0.1) is 5.52 Å². The third kappa shape index (κ3) is 4.01. The maximum Gasteiger partial charge on any atom is 0.337 e. The van der Waals surface area contributed by atoms with Crippen molar-refractivity contribution in [2.24, 2.45) is 0 Å². The van der Waals surface area contributed by atoms with Gasteiger partial charge in [-0.25, -0.2) is 0 Å². The summed E-state index contributed by atoms with van der Waals surface area (Å²) in [6, 6.07) is 38.6. The van der Waals surface area contributed by atoms with Crippen molar-refractivity contribution in [2.45, 2.75) is 84.5 Å². The van der Waals surface area contributed by atoms with Gasteiger partial charge in [-0.05, 0) is 118 Å². The molecule has 56 heavy (non-hydrogen) atoms. The molecule has 3 aromatic heterocycles. The van der Waals surface area contributed by atoms with Crippen LogP contribution in [0.4, 0.5) is 17.1 Å². The number of anilines is 3. The molecule has 0 radical (unpaired) electrons. The van der Waals surface area contributed by atoms with Crippen LogP contribution in [0.5, 0.6) is 0 Å². The van der Waals surface area contributed by atoms with Gasteiger partial charge in [-0.15, -0.1) is 0 Å². The molecule has 0 bridgehead atoms. The molecule has 5 heteroatoms.